The molecular formula is C11H9NO. The van der Waals surface area contributed by atoms with Gasteiger partial charge in [-0.25, -0.2) is 0 Å². The van der Waals surface area contributed by atoms with Crippen LogP contribution < -0.4 is 4.74 Å². The van der Waals surface area contributed by atoms with Gasteiger partial charge in [0.2, 0.25) is 0 Å². The third-order valence-electron chi connectivity index (χ3n) is 1.57. The van der Waals surface area contributed by atoms with Gasteiger partial charge in [0.25, 0.3) is 0 Å². The fourth-order valence-electron chi connectivity index (χ4n) is 0.976. The maximum absolute atomic E-state index is 8.76. The van der Waals surface area contributed by atoms with Gasteiger partial charge in [-0.3, -0.25) is 0 Å². The van der Waals surface area contributed by atoms with E-state index in [4.69, 9.17) is 16.4 Å². The fraction of sp³-hybridized carbons (Fsp3) is 0.182. The summed E-state index contributed by atoms with van der Waals surface area (Å²) in [5.41, 5.74) is 1.56. The van der Waals surface area contributed by atoms with E-state index in [0.29, 0.717) is 11.3 Å². The molecule has 1 aromatic carbocycles. The average molecular weight is 171 g/mol. The summed E-state index contributed by atoms with van der Waals surface area (Å²) in [6.07, 6.45) is 5.04. The molecule has 0 atom stereocenters. The highest BCUT2D eigenvalue weighted by atomic mass is 16.5. The number of aryl methyl sites for hydroxylation is 1. The standard InChI is InChI=1S/C11H9NO/c1-3-6-13-11-5-4-9(2)7-10(11)8-12/h1,4-5,7H,6H2,2H3. The molecule has 0 bridgehead atoms. The highest BCUT2D eigenvalue weighted by molar-refractivity contribution is 5.45. The molecule has 1 aromatic rings. The Morgan fingerprint density at radius 3 is 2.92 bits per heavy atom. The van der Waals surface area contributed by atoms with Crippen molar-refractivity contribution >= 4 is 0 Å². The number of hydrogen-bond donors (Lipinski definition) is 0. The van der Waals surface area contributed by atoms with Crippen molar-refractivity contribution in [3.8, 4) is 24.2 Å². The van der Waals surface area contributed by atoms with E-state index < -0.39 is 0 Å². The van der Waals surface area contributed by atoms with Crippen LogP contribution in [0, 0.1) is 30.6 Å². The molecule has 2 heteroatoms. The van der Waals surface area contributed by atoms with Gasteiger partial charge >= 0.3 is 0 Å². The Balaban J connectivity index is 2.96. The Morgan fingerprint density at radius 2 is 2.31 bits per heavy atom. The van der Waals surface area contributed by atoms with Crippen molar-refractivity contribution in [3.63, 3.8) is 0 Å². The highest BCUT2D eigenvalue weighted by Crippen LogP contribution is 2.18. The summed E-state index contributed by atoms with van der Waals surface area (Å²) in [7, 11) is 0. The number of benzene rings is 1. The molecule has 0 saturated heterocycles. The largest absolute Gasteiger partial charge is 0.480 e. The first kappa shape index (κ1) is 9.16. The number of rotatable bonds is 2. The summed E-state index contributed by atoms with van der Waals surface area (Å²) >= 11 is 0. The van der Waals surface area contributed by atoms with E-state index in [1.807, 2.05) is 13.0 Å². The van der Waals surface area contributed by atoms with Crippen LogP contribution in [0.1, 0.15) is 11.1 Å². The number of nitrogens with zero attached hydrogens (tertiary/aromatic N) is 1. The molecule has 0 N–H and O–H groups in total. The van der Waals surface area contributed by atoms with E-state index >= 15 is 0 Å². The van der Waals surface area contributed by atoms with Gasteiger partial charge in [-0.05, 0) is 24.6 Å². The van der Waals surface area contributed by atoms with Crippen LogP contribution in [-0.2, 0) is 0 Å². The van der Waals surface area contributed by atoms with Crippen molar-refractivity contribution in [1.82, 2.24) is 0 Å². The molecule has 0 aliphatic heterocycles. The van der Waals surface area contributed by atoms with Crippen molar-refractivity contribution in [2.45, 2.75) is 6.92 Å². The third kappa shape index (κ3) is 2.25. The first-order valence-electron chi connectivity index (χ1n) is 3.85. The van der Waals surface area contributed by atoms with Gasteiger partial charge < -0.3 is 4.74 Å². The second kappa shape index (κ2) is 4.18. The van der Waals surface area contributed by atoms with Gasteiger partial charge in [0.05, 0.1) is 5.56 Å². The second-order valence-electron chi connectivity index (χ2n) is 2.60. The summed E-state index contributed by atoms with van der Waals surface area (Å²) in [5, 5.41) is 8.76. The topological polar surface area (TPSA) is 33.0 Å². The molecule has 0 saturated carbocycles. The van der Waals surface area contributed by atoms with Gasteiger partial charge in [-0.15, -0.1) is 6.42 Å². The minimum absolute atomic E-state index is 0.192. The van der Waals surface area contributed by atoms with Crippen LogP contribution in [0.3, 0.4) is 0 Å². The van der Waals surface area contributed by atoms with Crippen molar-refractivity contribution in [1.29, 1.82) is 5.26 Å². The quantitative estimate of drug-likeness (QED) is 0.636. The fourth-order valence-corrected chi connectivity index (χ4v) is 0.976. The van der Waals surface area contributed by atoms with Crippen LogP contribution in [0.2, 0.25) is 0 Å². The molecule has 2 nitrogen and oxygen atoms in total. The Kier molecular flexibility index (Phi) is 2.95. The van der Waals surface area contributed by atoms with E-state index in [-0.39, 0.29) is 6.61 Å². The zero-order valence-corrected chi connectivity index (χ0v) is 7.37. The molecule has 0 aromatic heterocycles. The lowest BCUT2D eigenvalue weighted by atomic mass is 10.1. The van der Waals surface area contributed by atoms with Crippen LogP contribution in [0.4, 0.5) is 0 Å². The summed E-state index contributed by atoms with van der Waals surface area (Å²) in [5.74, 6) is 2.90. The predicted octanol–water partition coefficient (Wildman–Crippen LogP) is 1.88. The van der Waals surface area contributed by atoms with Crippen LogP contribution in [0.5, 0.6) is 5.75 Å². The third-order valence-corrected chi connectivity index (χ3v) is 1.57. The first-order valence-corrected chi connectivity index (χ1v) is 3.85. The highest BCUT2D eigenvalue weighted by Gasteiger charge is 2.01. The van der Waals surface area contributed by atoms with E-state index in [2.05, 4.69) is 12.0 Å². The lowest BCUT2D eigenvalue weighted by Crippen LogP contribution is -1.96. The van der Waals surface area contributed by atoms with E-state index in [1.165, 1.54) is 0 Å². The van der Waals surface area contributed by atoms with Crippen molar-refractivity contribution in [2.75, 3.05) is 6.61 Å². The average Bonchev–Trinajstić information content (AvgIpc) is 2.16. The van der Waals surface area contributed by atoms with Crippen molar-refractivity contribution in [3.05, 3.63) is 29.3 Å². The predicted molar refractivity (Wildman–Crippen MR) is 50.2 cm³/mol. The molecule has 0 spiro atoms. The SMILES string of the molecule is C#CCOc1ccc(C)cc1C#N. The number of nitriles is 1. The van der Waals surface area contributed by atoms with Crippen LogP contribution in [0.15, 0.2) is 18.2 Å². The van der Waals surface area contributed by atoms with Gasteiger partial charge in [0.15, 0.2) is 0 Å². The summed E-state index contributed by atoms with van der Waals surface area (Å²) in [4.78, 5) is 0. The molecule has 1 rings (SSSR count). The molecule has 0 aliphatic rings. The maximum Gasteiger partial charge on any atom is 0.148 e. The van der Waals surface area contributed by atoms with Crippen molar-refractivity contribution < 1.29 is 4.74 Å². The zero-order chi connectivity index (χ0) is 9.68. The van der Waals surface area contributed by atoms with Crippen LogP contribution >= 0.6 is 0 Å². The van der Waals surface area contributed by atoms with E-state index in [1.54, 1.807) is 12.1 Å². The van der Waals surface area contributed by atoms with Gasteiger partial charge in [0, 0.05) is 0 Å². The first-order chi connectivity index (χ1) is 6.27. The van der Waals surface area contributed by atoms with E-state index in [9.17, 15) is 0 Å². The number of hydrogen-bond acceptors (Lipinski definition) is 2. The van der Waals surface area contributed by atoms with Gasteiger partial charge in [-0.1, -0.05) is 12.0 Å². The van der Waals surface area contributed by atoms with Crippen LogP contribution in [-0.4, -0.2) is 6.61 Å². The molecule has 0 amide bonds. The molecule has 0 heterocycles. The Hall–Kier alpha value is -1.93. The van der Waals surface area contributed by atoms with Crippen molar-refractivity contribution in [2.24, 2.45) is 0 Å². The summed E-state index contributed by atoms with van der Waals surface area (Å²) in [6.45, 7) is 2.11. The summed E-state index contributed by atoms with van der Waals surface area (Å²) in [6, 6.07) is 7.46. The zero-order valence-electron chi connectivity index (χ0n) is 7.37. The lowest BCUT2D eigenvalue weighted by molar-refractivity contribution is 0.369. The molecule has 0 aliphatic carbocycles. The number of terminal acetylenes is 1. The Morgan fingerprint density at radius 1 is 1.54 bits per heavy atom. The molecule has 0 radical (unpaired) electrons. The minimum Gasteiger partial charge on any atom is -0.480 e. The molecule has 64 valence electrons. The number of ether oxygens (including phenoxy) is 1. The van der Waals surface area contributed by atoms with E-state index in [0.717, 1.165) is 5.56 Å². The molecule has 13 heavy (non-hydrogen) atoms. The Bertz CT molecular complexity index is 382. The molecular weight excluding hydrogens is 162 g/mol. The normalized spacial score (nSPS) is 8.54. The smallest absolute Gasteiger partial charge is 0.148 e. The van der Waals surface area contributed by atoms with Crippen LogP contribution in [0.25, 0.3) is 0 Å². The summed E-state index contributed by atoms with van der Waals surface area (Å²) < 4.78 is 5.17. The minimum atomic E-state index is 0.192. The molecule has 0 unspecified atom stereocenters. The van der Waals surface area contributed by atoms with Gasteiger partial charge in [-0.2, -0.15) is 5.26 Å². The van der Waals surface area contributed by atoms with Gasteiger partial charge in [0.1, 0.15) is 18.4 Å². The molecule has 0 fully saturated rings. The second-order valence-corrected chi connectivity index (χ2v) is 2.60. The Labute approximate surface area is 77.8 Å². The lowest BCUT2D eigenvalue weighted by Gasteiger charge is -2.04. The maximum atomic E-state index is 8.76. The monoisotopic (exact) mass is 171 g/mol.